The number of nitrogens with two attached hydrogens (primary N) is 1. The van der Waals surface area contributed by atoms with Crippen LogP contribution < -0.4 is 10.5 Å². The molecule has 0 saturated carbocycles. The molecule has 2 aromatic rings. The summed E-state index contributed by atoms with van der Waals surface area (Å²) in [5.74, 6) is 1.52. The molecule has 2 aromatic heterocycles. The molecule has 0 radical (unpaired) electrons. The second-order valence-electron chi connectivity index (χ2n) is 9.02. The lowest BCUT2D eigenvalue weighted by molar-refractivity contribution is 0.116. The fourth-order valence-electron chi connectivity index (χ4n) is 4.50. The standard InChI is InChI=1S/C27H30N4O5/c1-33-24-12-11-22-26(30-24)19(13-14-29-22)7-8-20(28)9-10-21-15-31(27(32)35-21)25-17-34-16-23(36-25)18-5-3-2-4-6-18/h2-3,5,11-14,16-17,20-21H,4,6-10,15,28H2,1H3/t20-,21-/m0/s1. The fraction of sp³-hybridized carbons (Fsp3) is 0.370. The number of cyclic esters (lactones) is 1. The van der Waals surface area contributed by atoms with E-state index in [1.165, 1.54) is 11.2 Å². The summed E-state index contributed by atoms with van der Waals surface area (Å²) in [6, 6.07) is 5.64. The third-order valence-electron chi connectivity index (χ3n) is 6.52. The van der Waals surface area contributed by atoms with Crippen LogP contribution in [0.2, 0.25) is 0 Å². The zero-order valence-electron chi connectivity index (χ0n) is 20.3. The molecule has 0 aromatic carbocycles. The van der Waals surface area contributed by atoms with Crippen molar-refractivity contribution in [1.29, 1.82) is 0 Å². The Morgan fingerprint density at radius 3 is 3.00 bits per heavy atom. The van der Waals surface area contributed by atoms with Crippen LogP contribution >= 0.6 is 0 Å². The van der Waals surface area contributed by atoms with E-state index in [1.807, 2.05) is 24.3 Å². The summed E-state index contributed by atoms with van der Waals surface area (Å²) in [5, 5.41) is 0. The van der Waals surface area contributed by atoms with Crippen LogP contribution in [0.15, 0.2) is 72.4 Å². The Balaban J connectivity index is 1.12. The Morgan fingerprint density at radius 1 is 1.25 bits per heavy atom. The van der Waals surface area contributed by atoms with Gasteiger partial charge in [0.05, 0.1) is 24.7 Å². The van der Waals surface area contributed by atoms with Crippen LogP contribution in [0, 0.1) is 0 Å². The molecule has 188 valence electrons. The Morgan fingerprint density at radius 2 is 2.17 bits per heavy atom. The molecular formula is C27H30N4O5. The van der Waals surface area contributed by atoms with E-state index in [1.54, 1.807) is 25.6 Å². The van der Waals surface area contributed by atoms with Crippen LogP contribution in [0.25, 0.3) is 11.0 Å². The van der Waals surface area contributed by atoms with Gasteiger partial charge in [-0.25, -0.2) is 14.7 Å². The Hall–Kier alpha value is -3.85. The van der Waals surface area contributed by atoms with Crippen molar-refractivity contribution in [2.75, 3.05) is 13.7 Å². The fourth-order valence-corrected chi connectivity index (χ4v) is 4.50. The second-order valence-corrected chi connectivity index (χ2v) is 9.02. The first kappa shape index (κ1) is 23.9. The number of fused-ring (bicyclic) bond motifs is 1. The highest BCUT2D eigenvalue weighted by Crippen LogP contribution is 2.30. The smallest absolute Gasteiger partial charge is 0.417 e. The van der Waals surface area contributed by atoms with Crippen LogP contribution in [0.1, 0.15) is 37.7 Å². The average Bonchev–Trinajstić information content (AvgIpc) is 3.31. The van der Waals surface area contributed by atoms with E-state index in [9.17, 15) is 4.79 Å². The predicted octanol–water partition coefficient (Wildman–Crippen LogP) is 4.46. The van der Waals surface area contributed by atoms with Gasteiger partial charge in [0.1, 0.15) is 12.4 Å². The summed E-state index contributed by atoms with van der Waals surface area (Å²) in [5.41, 5.74) is 10.2. The normalized spacial score (nSPS) is 20.2. The predicted molar refractivity (Wildman–Crippen MR) is 133 cm³/mol. The lowest BCUT2D eigenvalue weighted by Gasteiger charge is -2.23. The van der Waals surface area contributed by atoms with E-state index in [4.69, 9.17) is 24.7 Å². The number of aromatic nitrogens is 2. The molecule has 1 fully saturated rings. The zero-order chi connectivity index (χ0) is 24.9. The lowest BCUT2D eigenvalue weighted by atomic mass is 10.0. The maximum atomic E-state index is 12.5. The molecule has 0 unspecified atom stereocenters. The minimum Gasteiger partial charge on any atom is -0.481 e. The van der Waals surface area contributed by atoms with Crippen molar-refractivity contribution < 1.29 is 23.7 Å². The van der Waals surface area contributed by atoms with Crippen LogP contribution in [0.5, 0.6) is 5.88 Å². The summed E-state index contributed by atoms with van der Waals surface area (Å²) in [6.45, 7) is 0.395. The van der Waals surface area contributed by atoms with Crippen molar-refractivity contribution in [3.63, 3.8) is 0 Å². The molecule has 3 aliphatic rings. The van der Waals surface area contributed by atoms with E-state index in [0.29, 0.717) is 30.5 Å². The number of carbonyl (C=O) groups excluding carboxylic acids is 1. The van der Waals surface area contributed by atoms with Crippen molar-refractivity contribution >= 4 is 17.1 Å². The number of rotatable bonds is 9. The highest BCUT2D eigenvalue weighted by molar-refractivity contribution is 5.78. The third-order valence-corrected chi connectivity index (χ3v) is 6.52. The van der Waals surface area contributed by atoms with Crippen molar-refractivity contribution in [2.24, 2.45) is 5.73 Å². The number of allylic oxidation sites excluding steroid dienone is 4. The van der Waals surface area contributed by atoms with Crippen LogP contribution in [0.4, 0.5) is 4.79 Å². The number of amides is 1. The van der Waals surface area contributed by atoms with Gasteiger partial charge in [-0.05, 0) is 61.8 Å². The van der Waals surface area contributed by atoms with Gasteiger partial charge in [-0.3, -0.25) is 4.98 Å². The number of methoxy groups -OCH3 is 1. The largest absolute Gasteiger partial charge is 0.481 e. The monoisotopic (exact) mass is 490 g/mol. The van der Waals surface area contributed by atoms with E-state index >= 15 is 0 Å². The van der Waals surface area contributed by atoms with Gasteiger partial charge in [0.15, 0.2) is 12.0 Å². The molecule has 0 bridgehead atoms. The number of nitrogens with zero attached hydrogens (tertiary/aromatic N) is 3. The van der Waals surface area contributed by atoms with Crippen LogP contribution in [-0.2, 0) is 20.6 Å². The second kappa shape index (κ2) is 10.8. The lowest BCUT2D eigenvalue weighted by Crippen LogP contribution is -2.28. The van der Waals surface area contributed by atoms with Gasteiger partial charge in [0.25, 0.3) is 0 Å². The summed E-state index contributed by atoms with van der Waals surface area (Å²) in [7, 11) is 1.60. The number of aryl methyl sites for hydroxylation is 1. The summed E-state index contributed by atoms with van der Waals surface area (Å²) < 4.78 is 22.3. The summed E-state index contributed by atoms with van der Waals surface area (Å²) in [4.78, 5) is 22.9. The van der Waals surface area contributed by atoms with Crippen molar-refractivity contribution in [3.05, 3.63) is 77.9 Å². The first-order valence-electron chi connectivity index (χ1n) is 12.2. The topological polar surface area (TPSA) is 109 Å². The Labute approximate surface area is 209 Å². The van der Waals surface area contributed by atoms with Gasteiger partial charge >= 0.3 is 6.09 Å². The van der Waals surface area contributed by atoms with E-state index in [-0.39, 0.29) is 12.1 Å². The summed E-state index contributed by atoms with van der Waals surface area (Å²) >= 11 is 0. The van der Waals surface area contributed by atoms with Gasteiger partial charge in [0, 0.05) is 18.3 Å². The van der Waals surface area contributed by atoms with E-state index < -0.39 is 6.09 Å². The molecule has 2 N–H and O–H groups in total. The average molecular weight is 491 g/mol. The molecule has 4 heterocycles. The third kappa shape index (κ3) is 5.36. The molecule has 1 saturated heterocycles. The van der Waals surface area contributed by atoms with Gasteiger partial charge in [0.2, 0.25) is 11.8 Å². The molecule has 36 heavy (non-hydrogen) atoms. The Bertz CT molecular complexity index is 1250. The molecule has 5 rings (SSSR count). The molecular weight excluding hydrogens is 460 g/mol. The number of carbonyl (C=O) groups is 1. The minimum atomic E-state index is -0.439. The van der Waals surface area contributed by atoms with Gasteiger partial charge in [-0.1, -0.05) is 18.2 Å². The number of pyridine rings is 2. The van der Waals surface area contributed by atoms with Crippen LogP contribution in [0.3, 0.4) is 0 Å². The van der Waals surface area contributed by atoms with Gasteiger partial charge in [-0.15, -0.1) is 0 Å². The first-order valence-corrected chi connectivity index (χ1v) is 12.2. The zero-order valence-corrected chi connectivity index (χ0v) is 20.3. The summed E-state index contributed by atoms with van der Waals surface area (Å²) in [6.07, 6.45) is 14.9. The van der Waals surface area contributed by atoms with Gasteiger partial charge in [-0.2, -0.15) is 0 Å². The molecule has 2 aliphatic heterocycles. The maximum Gasteiger partial charge on any atom is 0.417 e. The molecule has 0 spiro atoms. The molecule has 2 atom stereocenters. The minimum absolute atomic E-state index is 0.0408. The van der Waals surface area contributed by atoms with Gasteiger partial charge < -0.3 is 24.7 Å². The first-order chi connectivity index (χ1) is 17.6. The molecule has 1 aliphatic carbocycles. The highest BCUT2D eigenvalue weighted by Gasteiger charge is 2.36. The van der Waals surface area contributed by atoms with Crippen molar-refractivity contribution in [2.45, 2.75) is 50.7 Å². The molecule has 9 nitrogen and oxygen atoms in total. The van der Waals surface area contributed by atoms with Crippen molar-refractivity contribution in [3.8, 4) is 5.88 Å². The SMILES string of the molecule is COc1ccc2nccc(CC[C@H](N)CC[C@H]3CN(C4=COC=C(C5=CC=CCC5)O4)C(=O)O3)c2n1. The molecule has 9 heteroatoms. The number of hydrogen-bond donors (Lipinski definition) is 1. The quantitative estimate of drug-likeness (QED) is 0.549. The molecule has 1 amide bonds. The number of ether oxygens (including phenoxy) is 4. The maximum absolute atomic E-state index is 12.5. The van der Waals surface area contributed by atoms with E-state index in [2.05, 4.69) is 16.0 Å². The van der Waals surface area contributed by atoms with Crippen molar-refractivity contribution in [1.82, 2.24) is 14.9 Å². The van der Waals surface area contributed by atoms with Crippen LogP contribution in [-0.4, -0.2) is 46.8 Å². The highest BCUT2D eigenvalue weighted by atomic mass is 16.6. The van der Waals surface area contributed by atoms with E-state index in [0.717, 1.165) is 54.3 Å². The number of hydrogen-bond acceptors (Lipinski definition) is 8. The Kier molecular flexibility index (Phi) is 7.18.